The summed E-state index contributed by atoms with van der Waals surface area (Å²) in [6.45, 7) is 5.85. The van der Waals surface area contributed by atoms with Gasteiger partial charge in [0.2, 0.25) is 0 Å². The van der Waals surface area contributed by atoms with Gasteiger partial charge in [-0.3, -0.25) is 4.99 Å². The topological polar surface area (TPSA) is 32.6 Å². The normalized spacial score (nSPS) is 11.5. The van der Waals surface area contributed by atoms with Crippen LogP contribution in [0.15, 0.2) is 17.3 Å². The van der Waals surface area contributed by atoms with Crippen molar-refractivity contribution in [3.8, 4) is 0 Å². The number of nitrogens with zero attached hydrogens (tertiary/aromatic N) is 1. The first-order valence-corrected chi connectivity index (χ1v) is 2.94. The molecule has 0 saturated carbocycles. The lowest BCUT2D eigenvalue weighted by Gasteiger charge is -1.92. The molecule has 1 unspecified atom stereocenters. The van der Waals surface area contributed by atoms with Gasteiger partial charge in [0.25, 0.3) is 0 Å². The Morgan fingerprint density at radius 3 is 2.50 bits per heavy atom. The average Bonchev–Trinajstić information content (AvgIpc) is 1.67. The van der Waals surface area contributed by atoms with Crippen molar-refractivity contribution in [2.75, 3.05) is 6.54 Å². The maximum Gasteiger partial charge on any atom is 0.133 e. The maximum atomic E-state index is 8.61. The Hall–Kier alpha value is -0.360. The van der Waals surface area contributed by atoms with Crippen molar-refractivity contribution >= 4 is 14.7 Å². The van der Waals surface area contributed by atoms with Crippen LogP contribution in [0.5, 0.6) is 0 Å². The lowest BCUT2D eigenvalue weighted by molar-refractivity contribution is 0.448. The van der Waals surface area contributed by atoms with Gasteiger partial charge < -0.3 is 5.11 Å². The molecule has 0 saturated heterocycles. The molecule has 0 aliphatic carbocycles. The van der Waals surface area contributed by atoms with E-state index in [9.17, 15) is 0 Å². The fourth-order valence-electron chi connectivity index (χ4n) is 0.262. The van der Waals surface area contributed by atoms with Crippen LogP contribution in [0.1, 0.15) is 6.92 Å². The maximum absolute atomic E-state index is 8.61. The van der Waals surface area contributed by atoms with Crippen LogP contribution in [-0.2, 0) is 0 Å². The van der Waals surface area contributed by atoms with E-state index in [4.69, 9.17) is 5.11 Å². The molecular formula is C5H10NOP. The minimum atomic E-state index is 0.0249. The lowest BCUT2D eigenvalue weighted by Crippen LogP contribution is -1.89. The first-order valence-electron chi connectivity index (χ1n) is 2.36. The summed E-state index contributed by atoms with van der Waals surface area (Å²) >= 11 is 0. The predicted octanol–water partition coefficient (Wildman–Crippen LogP) is 1.35. The third-order valence-electron chi connectivity index (χ3n) is 0.624. The van der Waals surface area contributed by atoms with Crippen LogP contribution in [0.2, 0.25) is 0 Å². The van der Waals surface area contributed by atoms with Gasteiger partial charge in [-0.15, -0.1) is 0 Å². The molecule has 0 fully saturated rings. The standard InChI is InChI=1S/C5H10NOP/c1-3-6-5(8)4(2)7/h7H,2-3,8H2,1H3. The first-order chi connectivity index (χ1) is 3.68. The molecule has 0 aromatic carbocycles. The zero-order valence-electron chi connectivity index (χ0n) is 4.89. The molecule has 0 aliphatic rings. The molecule has 0 aromatic rings. The Kier molecular flexibility index (Phi) is 3.46. The van der Waals surface area contributed by atoms with Crippen LogP contribution < -0.4 is 0 Å². The molecule has 0 bridgehead atoms. The summed E-state index contributed by atoms with van der Waals surface area (Å²) in [5.74, 6) is 0.0249. The number of rotatable bonds is 2. The van der Waals surface area contributed by atoms with Gasteiger partial charge in [0.05, 0.1) is 5.45 Å². The third-order valence-corrected chi connectivity index (χ3v) is 1.14. The predicted molar refractivity (Wildman–Crippen MR) is 39.5 cm³/mol. The van der Waals surface area contributed by atoms with Crippen LogP contribution in [0.3, 0.4) is 0 Å². The van der Waals surface area contributed by atoms with Crippen LogP contribution in [0, 0.1) is 0 Å². The molecule has 0 aliphatic heterocycles. The monoisotopic (exact) mass is 131 g/mol. The number of aliphatic imine (C=N–C) groups is 1. The van der Waals surface area contributed by atoms with Gasteiger partial charge in [-0.05, 0) is 6.92 Å². The van der Waals surface area contributed by atoms with Crippen LogP contribution in [-0.4, -0.2) is 17.1 Å². The van der Waals surface area contributed by atoms with Crippen molar-refractivity contribution in [2.45, 2.75) is 6.92 Å². The largest absolute Gasteiger partial charge is 0.506 e. The summed E-state index contributed by atoms with van der Waals surface area (Å²) in [6, 6.07) is 0. The van der Waals surface area contributed by atoms with Crippen molar-refractivity contribution in [1.82, 2.24) is 0 Å². The van der Waals surface area contributed by atoms with E-state index >= 15 is 0 Å². The molecule has 0 aromatic heterocycles. The van der Waals surface area contributed by atoms with E-state index in [0.29, 0.717) is 12.0 Å². The molecule has 3 heteroatoms. The summed E-state index contributed by atoms with van der Waals surface area (Å²) in [6.07, 6.45) is 0. The summed E-state index contributed by atoms with van der Waals surface area (Å²) in [7, 11) is 2.29. The first kappa shape index (κ1) is 7.64. The molecule has 0 spiro atoms. The molecule has 0 rings (SSSR count). The smallest absolute Gasteiger partial charge is 0.133 e. The molecular weight excluding hydrogens is 121 g/mol. The van der Waals surface area contributed by atoms with E-state index in [1.807, 2.05) is 6.92 Å². The summed E-state index contributed by atoms with van der Waals surface area (Å²) in [4.78, 5) is 3.85. The molecule has 46 valence electrons. The molecule has 0 heterocycles. The second-order valence-electron chi connectivity index (χ2n) is 1.31. The molecule has 0 radical (unpaired) electrons. The lowest BCUT2D eigenvalue weighted by atomic mass is 10.6. The van der Waals surface area contributed by atoms with Crippen LogP contribution >= 0.6 is 9.24 Å². The van der Waals surface area contributed by atoms with E-state index in [-0.39, 0.29) is 5.76 Å². The van der Waals surface area contributed by atoms with E-state index in [0.717, 1.165) is 0 Å². The van der Waals surface area contributed by atoms with Crippen LogP contribution in [0.4, 0.5) is 0 Å². The third kappa shape index (κ3) is 2.75. The number of hydrogen-bond acceptors (Lipinski definition) is 2. The Labute approximate surface area is 51.5 Å². The fourth-order valence-corrected chi connectivity index (χ4v) is 0.444. The fraction of sp³-hybridized carbons (Fsp3) is 0.400. The Morgan fingerprint density at radius 2 is 2.38 bits per heavy atom. The van der Waals surface area contributed by atoms with Crippen molar-refractivity contribution in [3.05, 3.63) is 12.3 Å². The van der Waals surface area contributed by atoms with Gasteiger partial charge in [0.1, 0.15) is 5.76 Å². The summed E-state index contributed by atoms with van der Waals surface area (Å²) in [5.41, 5.74) is 0.535. The minimum Gasteiger partial charge on any atom is -0.506 e. The highest BCUT2D eigenvalue weighted by atomic mass is 31.0. The number of hydrogen-bond donors (Lipinski definition) is 1. The second kappa shape index (κ2) is 3.62. The highest BCUT2D eigenvalue weighted by Crippen LogP contribution is 1.97. The van der Waals surface area contributed by atoms with Gasteiger partial charge in [-0.25, -0.2) is 0 Å². The number of aliphatic hydroxyl groups excluding tert-OH is 1. The Bertz CT molecular complexity index is 120. The number of allylic oxidation sites excluding steroid dienone is 1. The number of aliphatic hydroxyl groups is 1. The van der Waals surface area contributed by atoms with Crippen molar-refractivity contribution in [3.63, 3.8) is 0 Å². The van der Waals surface area contributed by atoms with Gasteiger partial charge in [-0.1, -0.05) is 15.8 Å². The van der Waals surface area contributed by atoms with Crippen molar-refractivity contribution < 1.29 is 5.11 Å². The van der Waals surface area contributed by atoms with Gasteiger partial charge in [-0.2, -0.15) is 0 Å². The van der Waals surface area contributed by atoms with E-state index < -0.39 is 0 Å². The molecule has 0 amide bonds. The van der Waals surface area contributed by atoms with Crippen LogP contribution in [0.25, 0.3) is 0 Å². The quantitative estimate of drug-likeness (QED) is 0.342. The molecule has 2 nitrogen and oxygen atoms in total. The zero-order chi connectivity index (χ0) is 6.57. The van der Waals surface area contributed by atoms with Crippen molar-refractivity contribution in [2.24, 2.45) is 4.99 Å². The summed E-state index contributed by atoms with van der Waals surface area (Å²) in [5, 5.41) is 8.61. The van der Waals surface area contributed by atoms with E-state index in [2.05, 4.69) is 20.8 Å². The van der Waals surface area contributed by atoms with Gasteiger partial charge >= 0.3 is 0 Å². The SMILES string of the molecule is C=C(O)C(P)=NCC. The van der Waals surface area contributed by atoms with E-state index in [1.165, 1.54) is 0 Å². The Morgan fingerprint density at radius 1 is 1.88 bits per heavy atom. The highest BCUT2D eigenvalue weighted by molar-refractivity contribution is 7.41. The van der Waals surface area contributed by atoms with Gasteiger partial charge in [0.15, 0.2) is 0 Å². The van der Waals surface area contributed by atoms with Crippen molar-refractivity contribution in [1.29, 1.82) is 0 Å². The van der Waals surface area contributed by atoms with E-state index in [1.54, 1.807) is 0 Å². The minimum absolute atomic E-state index is 0.0249. The average molecular weight is 131 g/mol. The zero-order valence-corrected chi connectivity index (χ0v) is 6.04. The molecule has 1 N–H and O–H groups in total. The highest BCUT2D eigenvalue weighted by Gasteiger charge is 1.89. The Balaban J connectivity index is 3.80. The summed E-state index contributed by atoms with van der Waals surface area (Å²) < 4.78 is 0. The molecule has 8 heavy (non-hydrogen) atoms. The molecule has 1 atom stereocenters. The van der Waals surface area contributed by atoms with Gasteiger partial charge in [0, 0.05) is 6.54 Å². The second-order valence-corrected chi connectivity index (χ2v) is 1.85.